The molecule has 7 heteroatoms. The molecule has 0 aliphatic rings. The molecule has 0 aliphatic carbocycles. The Morgan fingerprint density at radius 1 is 1.10 bits per heavy atom. The zero-order valence-electron chi connectivity index (χ0n) is 17.7. The molecule has 0 spiro atoms. The van der Waals surface area contributed by atoms with Gasteiger partial charge < -0.3 is 19.7 Å². The highest BCUT2D eigenvalue weighted by Crippen LogP contribution is 2.26. The van der Waals surface area contributed by atoms with Gasteiger partial charge in [-0.3, -0.25) is 9.59 Å². The number of amides is 2. The lowest BCUT2D eigenvalue weighted by molar-refractivity contribution is -0.142. The Labute approximate surface area is 183 Å². The summed E-state index contributed by atoms with van der Waals surface area (Å²) in [5.41, 5.74) is 0.762. The number of para-hydroxylation sites is 2. The molecule has 2 aromatic rings. The maximum atomic E-state index is 13.0. The van der Waals surface area contributed by atoms with Crippen LogP contribution in [0.3, 0.4) is 0 Å². The van der Waals surface area contributed by atoms with Crippen LogP contribution < -0.4 is 14.8 Å². The first kappa shape index (κ1) is 23.5. The van der Waals surface area contributed by atoms with Crippen LogP contribution in [0.1, 0.15) is 32.3 Å². The Bertz CT molecular complexity index is 843. The van der Waals surface area contributed by atoms with Gasteiger partial charge in [0.1, 0.15) is 6.04 Å². The first-order valence-corrected chi connectivity index (χ1v) is 10.4. The van der Waals surface area contributed by atoms with Gasteiger partial charge in [-0.1, -0.05) is 55.3 Å². The highest BCUT2D eigenvalue weighted by molar-refractivity contribution is 6.31. The van der Waals surface area contributed by atoms with E-state index in [1.165, 1.54) is 12.0 Å². The van der Waals surface area contributed by atoms with Crippen molar-refractivity contribution in [1.82, 2.24) is 10.2 Å². The van der Waals surface area contributed by atoms with Gasteiger partial charge in [-0.15, -0.1) is 0 Å². The van der Waals surface area contributed by atoms with Gasteiger partial charge in [-0.25, -0.2) is 0 Å². The van der Waals surface area contributed by atoms with Crippen molar-refractivity contribution >= 4 is 23.4 Å². The first-order valence-electron chi connectivity index (χ1n) is 10.0. The Morgan fingerprint density at radius 2 is 1.77 bits per heavy atom. The Balaban J connectivity index is 2.15. The van der Waals surface area contributed by atoms with Crippen LogP contribution in [-0.2, 0) is 16.1 Å². The van der Waals surface area contributed by atoms with E-state index in [9.17, 15) is 9.59 Å². The smallest absolute Gasteiger partial charge is 0.261 e. The van der Waals surface area contributed by atoms with Gasteiger partial charge in [-0.2, -0.15) is 0 Å². The van der Waals surface area contributed by atoms with E-state index in [-0.39, 0.29) is 25.0 Å². The fourth-order valence-corrected chi connectivity index (χ4v) is 3.08. The molecule has 0 fully saturated rings. The summed E-state index contributed by atoms with van der Waals surface area (Å²) in [5, 5.41) is 3.43. The van der Waals surface area contributed by atoms with Crippen LogP contribution in [0, 0.1) is 0 Å². The predicted molar refractivity (Wildman–Crippen MR) is 118 cm³/mol. The summed E-state index contributed by atoms with van der Waals surface area (Å²) < 4.78 is 10.9. The van der Waals surface area contributed by atoms with Crippen molar-refractivity contribution in [3.05, 3.63) is 59.1 Å². The summed E-state index contributed by atoms with van der Waals surface area (Å²) >= 11 is 6.29. The third-order valence-corrected chi connectivity index (χ3v) is 5.08. The molecule has 0 saturated carbocycles. The maximum absolute atomic E-state index is 13.0. The van der Waals surface area contributed by atoms with Crippen molar-refractivity contribution in [2.45, 2.75) is 39.3 Å². The Kier molecular flexibility index (Phi) is 9.48. The number of hydrogen-bond acceptors (Lipinski definition) is 4. The SMILES string of the molecule is CCCCNC(=O)[C@@H](C)N(Cc1ccccc1Cl)C(=O)COc1ccccc1OC. The third-order valence-electron chi connectivity index (χ3n) is 4.72. The van der Waals surface area contributed by atoms with Gasteiger partial charge in [0, 0.05) is 18.1 Å². The molecule has 0 heterocycles. The van der Waals surface area contributed by atoms with Crippen molar-refractivity contribution in [3.63, 3.8) is 0 Å². The zero-order chi connectivity index (χ0) is 21.9. The molecule has 0 saturated heterocycles. The number of unbranched alkanes of at least 4 members (excludes halogenated alkanes) is 1. The summed E-state index contributed by atoms with van der Waals surface area (Å²) in [6, 6.07) is 13.7. The van der Waals surface area contributed by atoms with Crippen LogP contribution in [0.15, 0.2) is 48.5 Å². The average Bonchev–Trinajstić information content (AvgIpc) is 2.76. The number of methoxy groups -OCH3 is 1. The predicted octanol–water partition coefficient (Wildman–Crippen LogP) is 4.06. The van der Waals surface area contributed by atoms with E-state index < -0.39 is 6.04 Å². The number of nitrogens with zero attached hydrogens (tertiary/aromatic N) is 1. The second-order valence-electron chi connectivity index (χ2n) is 6.87. The molecule has 1 N–H and O–H groups in total. The molecule has 0 bridgehead atoms. The van der Waals surface area contributed by atoms with E-state index in [1.54, 1.807) is 31.2 Å². The van der Waals surface area contributed by atoms with E-state index in [1.807, 2.05) is 24.3 Å². The molecule has 2 rings (SSSR count). The highest BCUT2D eigenvalue weighted by Gasteiger charge is 2.27. The van der Waals surface area contributed by atoms with E-state index in [0.29, 0.717) is 23.1 Å². The Morgan fingerprint density at radius 3 is 2.43 bits per heavy atom. The van der Waals surface area contributed by atoms with Crippen molar-refractivity contribution in [2.75, 3.05) is 20.3 Å². The van der Waals surface area contributed by atoms with Crippen LogP contribution in [0.4, 0.5) is 0 Å². The lowest BCUT2D eigenvalue weighted by Crippen LogP contribution is -2.49. The monoisotopic (exact) mass is 432 g/mol. The summed E-state index contributed by atoms with van der Waals surface area (Å²) in [5.74, 6) is 0.472. The molecular formula is C23H29ClN2O4. The summed E-state index contributed by atoms with van der Waals surface area (Å²) in [7, 11) is 1.54. The van der Waals surface area contributed by atoms with Gasteiger partial charge in [0.05, 0.1) is 7.11 Å². The van der Waals surface area contributed by atoms with E-state index in [4.69, 9.17) is 21.1 Å². The molecule has 30 heavy (non-hydrogen) atoms. The van der Waals surface area contributed by atoms with Crippen molar-refractivity contribution in [3.8, 4) is 11.5 Å². The normalized spacial score (nSPS) is 11.5. The van der Waals surface area contributed by atoms with E-state index in [0.717, 1.165) is 18.4 Å². The molecule has 2 amide bonds. The van der Waals surface area contributed by atoms with Crippen LogP contribution in [0.2, 0.25) is 5.02 Å². The number of carbonyl (C=O) groups excluding carboxylic acids is 2. The lowest BCUT2D eigenvalue weighted by atomic mass is 10.1. The molecule has 0 aromatic heterocycles. The van der Waals surface area contributed by atoms with Gasteiger partial charge in [0.2, 0.25) is 5.91 Å². The summed E-state index contributed by atoms with van der Waals surface area (Å²) in [6.07, 6.45) is 1.86. The molecule has 1 atom stereocenters. The topological polar surface area (TPSA) is 67.9 Å². The van der Waals surface area contributed by atoms with E-state index in [2.05, 4.69) is 12.2 Å². The van der Waals surface area contributed by atoms with Crippen LogP contribution in [-0.4, -0.2) is 43.0 Å². The van der Waals surface area contributed by atoms with Crippen LogP contribution in [0.25, 0.3) is 0 Å². The second kappa shape index (κ2) is 12.1. The van der Waals surface area contributed by atoms with Gasteiger partial charge >= 0.3 is 0 Å². The van der Waals surface area contributed by atoms with E-state index >= 15 is 0 Å². The molecule has 0 aliphatic heterocycles. The van der Waals surface area contributed by atoms with Gasteiger partial charge in [0.15, 0.2) is 18.1 Å². The number of carbonyl (C=O) groups is 2. The molecule has 0 radical (unpaired) electrons. The maximum Gasteiger partial charge on any atom is 0.261 e. The number of nitrogens with one attached hydrogen (secondary N) is 1. The van der Waals surface area contributed by atoms with Crippen molar-refractivity contribution in [2.24, 2.45) is 0 Å². The molecular weight excluding hydrogens is 404 g/mol. The minimum atomic E-state index is -0.674. The lowest BCUT2D eigenvalue weighted by Gasteiger charge is -2.29. The minimum absolute atomic E-state index is 0.205. The number of rotatable bonds is 11. The molecule has 0 unspecified atom stereocenters. The number of ether oxygens (including phenoxy) is 2. The standard InChI is InChI=1S/C23H29ClN2O4/c1-4-5-14-25-23(28)17(2)26(15-18-10-6-7-11-19(18)24)22(27)16-30-21-13-9-8-12-20(21)29-3/h6-13,17H,4-5,14-16H2,1-3H3,(H,25,28)/t17-/m1/s1. The average molecular weight is 433 g/mol. The van der Waals surface area contributed by atoms with Gasteiger partial charge in [-0.05, 0) is 37.1 Å². The van der Waals surface area contributed by atoms with Crippen LogP contribution >= 0.6 is 11.6 Å². The molecule has 162 valence electrons. The molecule has 2 aromatic carbocycles. The minimum Gasteiger partial charge on any atom is -0.493 e. The van der Waals surface area contributed by atoms with Crippen LogP contribution in [0.5, 0.6) is 11.5 Å². The summed E-state index contributed by atoms with van der Waals surface area (Å²) in [6.45, 7) is 4.32. The zero-order valence-corrected chi connectivity index (χ0v) is 18.4. The first-order chi connectivity index (χ1) is 14.5. The number of hydrogen-bond donors (Lipinski definition) is 1. The van der Waals surface area contributed by atoms with Crippen molar-refractivity contribution in [1.29, 1.82) is 0 Å². The third kappa shape index (κ3) is 6.66. The number of halogens is 1. The van der Waals surface area contributed by atoms with Gasteiger partial charge in [0.25, 0.3) is 5.91 Å². The number of benzene rings is 2. The summed E-state index contributed by atoms with van der Waals surface area (Å²) in [4.78, 5) is 27.1. The van der Waals surface area contributed by atoms with Crippen molar-refractivity contribution < 1.29 is 19.1 Å². The quantitative estimate of drug-likeness (QED) is 0.544. The fourth-order valence-electron chi connectivity index (χ4n) is 2.89. The second-order valence-corrected chi connectivity index (χ2v) is 7.28. The fraction of sp³-hybridized carbons (Fsp3) is 0.391. The highest BCUT2D eigenvalue weighted by atomic mass is 35.5. The Hall–Kier alpha value is -2.73. The largest absolute Gasteiger partial charge is 0.493 e. The molecule has 6 nitrogen and oxygen atoms in total.